The molecule has 1 aliphatic heterocycles. The van der Waals surface area contributed by atoms with Crippen LogP contribution in [0.25, 0.3) is 0 Å². The Labute approximate surface area is 145 Å². The Hall–Kier alpha value is -0.950. The number of rotatable bonds is 5. The predicted molar refractivity (Wildman–Crippen MR) is 87.4 cm³/mol. The second-order valence-electron chi connectivity index (χ2n) is 5.61. The molecule has 130 valence electrons. The molecule has 0 aliphatic carbocycles. The maximum atomic E-state index is 13.3. The largest absolute Gasteiger partial charge is 0.384 e. The molecule has 0 radical (unpaired) electrons. The van der Waals surface area contributed by atoms with Gasteiger partial charge in [-0.15, -0.1) is 12.4 Å². The van der Waals surface area contributed by atoms with E-state index in [0.717, 1.165) is 38.1 Å². The maximum Gasteiger partial charge on any atom is 0.252 e. The molecule has 2 N–H and O–H groups in total. The van der Waals surface area contributed by atoms with Gasteiger partial charge in [-0.25, -0.2) is 8.78 Å². The zero-order chi connectivity index (χ0) is 16.2. The van der Waals surface area contributed by atoms with Gasteiger partial charge in [0.25, 0.3) is 5.91 Å². The van der Waals surface area contributed by atoms with Crippen LogP contribution in [-0.4, -0.2) is 39.3 Å². The maximum absolute atomic E-state index is 13.3. The highest BCUT2D eigenvalue weighted by Gasteiger charge is 2.32. The van der Waals surface area contributed by atoms with Crippen LogP contribution in [0.15, 0.2) is 12.1 Å². The first-order chi connectivity index (χ1) is 10.5. The minimum atomic E-state index is -1.09. The number of amides is 1. The van der Waals surface area contributed by atoms with Crippen LogP contribution in [-0.2, 0) is 4.74 Å². The quantitative estimate of drug-likeness (QED) is 0.785. The molecular formula is C15H20Cl2F2N2O2. The van der Waals surface area contributed by atoms with Crippen molar-refractivity contribution in [3.63, 3.8) is 0 Å². The van der Waals surface area contributed by atoms with Crippen molar-refractivity contribution in [1.82, 2.24) is 10.6 Å². The Kier molecular flexibility index (Phi) is 7.67. The van der Waals surface area contributed by atoms with Gasteiger partial charge in [-0.05, 0) is 38.1 Å². The Bertz CT molecular complexity index is 547. The fourth-order valence-corrected chi connectivity index (χ4v) is 2.93. The van der Waals surface area contributed by atoms with Crippen molar-refractivity contribution in [3.8, 4) is 0 Å². The van der Waals surface area contributed by atoms with Crippen LogP contribution in [0.2, 0.25) is 5.02 Å². The van der Waals surface area contributed by atoms with Gasteiger partial charge in [0.05, 0.1) is 17.2 Å². The van der Waals surface area contributed by atoms with Gasteiger partial charge in [-0.2, -0.15) is 0 Å². The standard InChI is InChI=1S/C15H19ClF2N2O2.ClH/c1-22-9-15(2-4-19-5-3-15)8-20-14(21)10-6-12(17)13(18)7-11(10)16;/h6-7,19H,2-5,8-9H2,1H3,(H,20,21);1H. The van der Waals surface area contributed by atoms with Crippen LogP contribution in [0.4, 0.5) is 8.78 Å². The first-order valence-corrected chi connectivity index (χ1v) is 7.48. The first-order valence-electron chi connectivity index (χ1n) is 7.10. The van der Waals surface area contributed by atoms with Gasteiger partial charge in [0, 0.05) is 19.1 Å². The number of benzene rings is 1. The lowest BCUT2D eigenvalue weighted by molar-refractivity contribution is 0.0511. The highest BCUT2D eigenvalue weighted by atomic mass is 35.5. The summed E-state index contributed by atoms with van der Waals surface area (Å²) in [6, 6.07) is 1.62. The lowest BCUT2D eigenvalue weighted by Gasteiger charge is -2.37. The molecule has 0 bridgehead atoms. The normalized spacial score (nSPS) is 16.5. The van der Waals surface area contributed by atoms with Crippen LogP contribution in [0.5, 0.6) is 0 Å². The van der Waals surface area contributed by atoms with Gasteiger partial charge >= 0.3 is 0 Å². The Balaban J connectivity index is 0.00000264. The molecule has 1 amide bonds. The van der Waals surface area contributed by atoms with Gasteiger partial charge in [-0.1, -0.05) is 11.6 Å². The van der Waals surface area contributed by atoms with Gasteiger partial charge in [-0.3, -0.25) is 4.79 Å². The molecular weight excluding hydrogens is 349 g/mol. The molecule has 1 saturated heterocycles. The first kappa shape index (κ1) is 20.1. The smallest absolute Gasteiger partial charge is 0.252 e. The van der Waals surface area contributed by atoms with Crippen molar-refractivity contribution in [2.24, 2.45) is 5.41 Å². The van der Waals surface area contributed by atoms with E-state index in [1.165, 1.54) is 0 Å². The summed E-state index contributed by atoms with van der Waals surface area (Å²) in [5.41, 5.74) is -0.220. The third-order valence-corrected chi connectivity index (χ3v) is 4.31. The number of methoxy groups -OCH3 is 1. The van der Waals surface area contributed by atoms with Crippen molar-refractivity contribution in [1.29, 1.82) is 0 Å². The molecule has 8 heteroatoms. The van der Waals surface area contributed by atoms with E-state index in [9.17, 15) is 13.6 Å². The van der Waals surface area contributed by atoms with Crippen LogP contribution < -0.4 is 10.6 Å². The molecule has 1 aromatic carbocycles. The molecule has 0 spiro atoms. The van der Waals surface area contributed by atoms with Crippen LogP contribution in [0.1, 0.15) is 23.2 Å². The zero-order valence-electron chi connectivity index (χ0n) is 12.8. The number of nitrogens with one attached hydrogen (secondary N) is 2. The van der Waals surface area contributed by atoms with Crippen LogP contribution in [0.3, 0.4) is 0 Å². The number of halogens is 4. The van der Waals surface area contributed by atoms with Crippen molar-refractivity contribution in [3.05, 3.63) is 34.4 Å². The molecule has 1 aromatic rings. The number of carbonyl (C=O) groups is 1. The molecule has 0 atom stereocenters. The highest BCUT2D eigenvalue weighted by Crippen LogP contribution is 2.28. The summed E-state index contributed by atoms with van der Waals surface area (Å²) in [6.07, 6.45) is 1.74. The fourth-order valence-electron chi connectivity index (χ4n) is 2.70. The summed E-state index contributed by atoms with van der Waals surface area (Å²) in [6.45, 7) is 2.63. The van der Waals surface area contributed by atoms with Crippen molar-refractivity contribution in [2.75, 3.05) is 33.4 Å². The molecule has 0 unspecified atom stereocenters. The molecule has 1 fully saturated rings. The highest BCUT2D eigenvalue weighted by molar-refractivity contribution is 6.33. The Morgan fingerprint density at radius 3 is 2.57 bits per heavy atom. The summed E-state index contributed by atoms with van der Waals surface area (Å²) >= 11 is 5.81. The van der Waals surface area contributed by atoms with Crippen molar-refractivity contribution < 1.29 is 18.3 Å². The predicted octanol–water partition coefficient (Wildman–Crippen LogP) is 2.79. The van der Waals surface area contributed by atoms with Gasteiger partial charge < -0.3 is 15.4 Å². The number of hydrogen-bond acceptors (Lipinski definition) is 3. The summed E-state index contributed by atoms with van der Waals surface area (Å²) in [5, 5.41) is 5.91. The van der Waals surface area contributed by atoms with Crippen molar-refractivity contribution >= 4 is 29.9 Å². The molecule has 2 rings (SSSR count). The lowest BCUT2D eigenvalue weighted by atomic mass is 9.79. The number of piperidine rings is 1. The van der Waals surface area contributed by atoms with Gasteiger partial charge in [0.15, 0.2) is 11.6 Å². The molecule has 4 nitrogen and oxygen atoms in total. The molecule has 0 aromatic heterocycles. The van der Waals surface area contributed by atoms with E-state index in [0.29, 0.717) is 13.2 Å². The van der Waals surface area contributed by atoms with Gasteiger partial charge in [0.1, 0.15) is 0 Å². The van der Waals surface area contributed by atoms with Gasteiger partial charge in [0.2, 0.25) is 0 Å². The zero-order valence-corrected chi connectivity index (χ0v) is 14.3. The molecule has 23 heavy (non-hydrogen) atoms. The Morgan fingerprint density at radius 2 is 1.96 bits per heavy atom. The summed E-state index contributed by atoms with van der Waals surface area (Å²) < 4.78 is 31.6. The third kappa shape index (κ3) is 5.01. The third-order valence-electron chi connectivity index (χ3n) is 3.99. The fraction of sp³-hybridized carbons (Fsp3) is 0.533. The summed E-state index contributed by atoms with van der Waals surface area (Å²) in [5.74, 6) is -2.68. The van der Waals surface area contributed by atoms with Crippen LogP contribution >= 0.6 is 24.0 Å². The van der Waals surface area contributed by atoms with E-state index in [4.69, 9.17) is 16.3 Å². The number of hydrogen-bond donors (Lipinski definition) is 2. The summed E-state index contributed by atoms with van der Waals surface area (Å²) in [7, 11) is 1.62. The second kappa shape index (κ2) is 8.78. The molecule has 1 heterocycles. The SMILES string of the molecule is COCC1(CNC(=O)c2cc(F)c(F)cc2Cl)CCNCC1.Cl. The monoisotopic (exact) mass is 368 g/mol. The average Bonchev–Trinajstić information content (AvgIpc) is 2.50. The number of carbonyl (C=O) groups excluding carboxylic acids is 1. The van der Waals surface area contributed by atoms with Crippen LogP contribution in [0, 0.1) is 17.0 Å². The minimum Gasteiger partial charge on any atom is -0.384 e. The van der Waals surface area contributed by atoms with E-state index >= 15 is 0 Å². The van der Waals surface area contributed by atoms with E-state index in [2.05, 4.69) is 10.6 Å². The minimum absolute atomic E-state index is 0. The van der Waals surface area contributed by atoms with E-state index in [1.54, 1.807) is 7.11 Å². The summed E-state index contributed by atoms with van der Waals surface area (Å²) in [4.78, 5) is 12.2. The number of ether oxygens (including phenoxy) is 1. The van der Waals surface area contributed by atoms with E-state index in [1.807, 2.05) is 0 Å². The topological polar surface area (TPSA) is 50.4 Å². The van der Waals surface area contributed by atoms with E-state index < -0.39 is 17.5 Å². The van der Waals surface area contributed by atoms with Crippen molar-refractivity contribution in [2.45, 2.75) is 12.8 Å². The average molecular weight is 369 g/mol. The van der Waals surface area contributed by atoms with E-state index in [-0.39, 0.29) is 28.4 Å². The lowest BCUT2D eigenvalue weighted by Crippen LogP contribution is -2.47. The molecule has 0 saturated carbocycles. The molecule has 1 aliphatic rings. The second-order valence-corrected chi connectivity index (χ2v) is 6.02. The Morgan fingerprint density at radius 1 is 1.35 bits per heavy atom.